The van der Waals surface area contributed by atoms with E-state index in [4.69, 9.17) is 5.73 Å². The molecule has 4 bridgehead atoms. The summed E-state index contributed by atoms with van der Waals surface area (Å²) in [7, 11) is 0. The highest BCUT2D eigenvalue weighted by molar-refractivity contribution is 5.37. The topological polar surface area (TPSA) is 30.9 Å². The maximum atomic E-state index is 5.99. The molecule has 0 aliphatic heterocycles. The molecule has 1 aromatic rings. The highest BCUT2D eigenvalue weighted by Gasteiger charge is 2.49. The van der Waals surface area contributed by atoms with Crippen LogP contribution in [0.2, 0.25) is 0 Å². The third-order valence-electron chi connectivity index (χ3n) is 6.83. The van der Waals surface area contributed by atoms with Gasteiger partial charge in [-0.15, -0.1) is 0 Å². The molecule has 2 N–H and O–H groups in total. The lowest BCUT2D eigenvalue weighted by atomic mass is 9.54. The van der Waals surface area contributed by atoms with Gasteiger partial charge in [0.25, 0.3) is 0 Å². The Hall–Kier alpha value is -0.760. The van der Waals surface area contributed by atoms with Crippen molar-refractivity contribution >= 4 is 0 Å². The second-order valence-electron chi connectivity index (χ2n) is 7.77. The molecular weight excluding hydrogens is 244 g/mol. The smallest absolute Gasteiger partial charge is 0.0392 e. The molecule has 1 aromatic heterocycles. The van der Waals surface area contributed by atoms with Gasteiger partial charge in [-0.05, 0) is 87.7 Å². The van der Waals surface area contributed by atoms with Crippen molar-refractivity contribution < 1.29 is 0 Å². The van der Waals surface area contributed by atoms with Crippen molar-refractivity contribution in [2.75, 3.05) is 0 Å². The van der Waals surface area contributed by atoms with Crippen LogP contribution in [-0.2, 0) is 6.54 Å². The van der Waals surface area contributed by atoms with Gasteiger partial charge in [0.2, 0.25) is 0 Å². The zero-order chi connectivity index (χ0) is 14.0. The third kappa shape index (κ3) is 1.60. The van der Waals surface area contributed by atoms with E-state index in [1.165, 1.54) is 54.6 Å². The molecule has 0 amide bonds. The second kappa shape index (κ2) is 4.37. The summed E-state index contributed by atoms with van der Waals surface area (Å²) in [5.74, 6) is 4.00. The minimum absolute atomic E-state index is 0.693. The Balaban J connectivity index is 1.78. The Morgan fingerprint density at radius 3 is 1.90 bits per heavy atom. The van der Waals surface area contributed by atoms with Crippen LogP contribution in [-0.4, -0.2) is 4.57 Å². The van der Waals surface area contributed by atoms with E-state index in [-0.39, 0.29) is 0 Å². The van der Waals surface area contributed by atoms with Gasteiger partial charge in [0.05, 0.1) is 0 Å². The van der Waals surface area contributed by atoms with Crippen molar-refractivity contribution in [2.24, 2.45) is 29.4 Å². The monoisotopic (exact) mass is 272 g/mol. The molecule has 4 fully saturated rings. The number of aromatic nitrogens is 1. The third-order valence-corrected chi connectivity index (χ3v) is 6.83. The van der Waals surface area contributed by atoms with Gasteiger partial charge in [-0.3, -0.25) is 0 Å². The van der Waals surface area contributed by atoms with Gasteiger partial charge >= 0.3 is 0 Å². The molecular formula is C18H28N2. The minimum Gasteiger partial charge on any atom is -0.345 e. The van der Waals surface area contributed by atoms with Crippen LogP contribution in [0.3, 0.4) is 0 Å². The summed E-state index contributed by atoms with van der Waals surface area (Å²) in [6, 6.07) is 0.779. The minimum atomic E-state index is 0.693. The fourth-order valence-corrected chi connectivity index (χ4v) is 6.13. The fourth-order valence-electron chi connectivity index (χ4n) is 6.13. The van der Waals surface area contributed by atoms with Gasteiger partial charge in [-0.25, -0.2) is 0 Å². The van der Waals surface area contributed by atoms with Crippen molar-refractivity contribution in [2.45, 2.75) is 65.5 Å². The Labute approximate surface area is 122 Å². The summed E-state index contributed by atoms with van der Waals surface area (Å²) in [5.41, 5.74) is 11.8. The average Bonchev–Trinajstić information content (AvgIpc) is 2.61. The quantitative estimate of drug-likeness (QED) is 0.870. The molecule has 2 nitrogen and oxygen atoms in total. The molecule has 0 saturated heterocycles. The molecule has 5 rings (SSSR count). The Morgan fingerprint density at radius 1 is 0.900 bits per heavy atom. The predicted molar refractivity (Wildman–Crippen MR) is 82.6 cm³/mol. The standard InChI is InChI=1S/C18H28N2/c1-10-11(2)20(12(3)17(10)9-19)18-15-5-13-4-14(7-15)8-16(18)6-13/h13-16,18H,4-9,19H2,1-3H3. The molecule has 110 valence electrons. The zero-order valence-corrected chi connectivity index (χ0v) is 13.2. The van der Waals surface area contributed by atoms with Crippen LogP contribution in [0.4, 0.5) is 0 Å². The van der Waals surface area contributed by atoms with Crippen LogP contribution in [0.25, 0.3) is 0 Å². The molecule has 0 spiro atoms. The number of hydrogen-bond acceptors (Lipinski definition) is 1. The van der Waals surface area contributed by atoms with Gasteiger partial charge < -0.3 is 10.3 Å². The van der Waals surface area contributed by atoms with Crippen molar-refractivity contribution in [3.8, 4) is 0 Å². The first-order valence-corrected chi connectivity index (χ1v) is 8.47. The lowest BCUT2D eigenvalue weighted by molar-refractivity contribution is -0.0303. The molecule has 1 heterocycles. The Morgan fingerprint density at radius 2 is 1.45 bits per heavy atom. The maximum absolute atomic E-state index is 5.99. The first-order valence-electron chi connectivity index (χ1n) is 8.47. The maximum Gasteiger partial charge on any atom is 0.0392 e. The van der Waals surface area contributed by atoms with Crippen molar-refractivity contribution in [3.05, 3.63) is 22.5 Å². The lowest BCUT2D eigenvalue weighted by Gasteiger charge is -2.55. The van der Waals surface area contributed by atoms with Crippen molar-refractivity contribution in [3.63, 3.8) is 0 Å². The van der Waals surface area contributed by atoms with Gasteiger partial charge in [0, 0.05) is 24.0 Å². The lowest BCUT2D eigenvalue weighted by Crippen LogP contribution is -2.46. The van der Waals surface area contributed by atoms with Crippen LogP contribution in [0.5, 0.6) is 0 Å². The van der Waals surface area contributed by atoms with Gasteiger partial charge in [0.15, 0.2) is 0 Å². The van der Waals surface area contributed by atoms with E-state index in [2.05, 4.69) is 25.3 Å². The van der Waals surface area contributed by atoms with Crippen molar-refractivity contribution in [1.29, 1.82) is 0 Å². The molecule has 4 aliphatic rings. The number of nitrogens with two attached hydrogens (primary N) is 1. The van der Waals surface area contributed by atoms with Crippen LogP contribution in [0, 0.1) is 44.4 Å². The summed E-state index contributed by atoms with van der Waals surface area (Å²) < 4.78 is 2.70. The summed E-state index contributed by atoms with van der Waals surface area (Å²) in [6.07, 6.45) is 7.51. The summed E-state index contributed by atoms with van der Waals surface area (Å²) in [6.45, 7) is 7.57. The van der Waals surface area contributed by atoms with E-state index in [0.717, 1.165) is 29.7 Å². The fraction of sp³-hybridized carbons (Fsp3) is 0.778. The van der Waals surface area contributed by atoms with E-state index < -0.39 is 0 Å². The van der Waals surface area contributed by atoms with Crippen LogP contribution in [0.1, 0.15) is 60.7 Å². The highest BCUT2D eigenvalue weighted by Crippen LogP contribution is 2.58. The summed E-state index contributed by atoms with van der Waals surface area (Å²) in [4.78, 5) is 0. The van der Waals surface area contributed by atoms with E-state index in [1.807, 2.05) is 0 Å². The summed E-state index contributed by atoms with van der Waals surface area (Å²) >= 11 is 0. The van der Waals surface area contributed by atoms with Crippen molar-refractivity contribution in [1.82, 2.24) is 4.57 Å². The summed E-state index contributed by atoms with van der Waals surface area (Å²) in [5, 5.41) is 0. The number of hydrogen-bond donors (Lipinski definition) is 1. The van der Waals surface area contributed by atoms with Gasteiger partial charge in [-0.1, -0.05) is 0 Å². The zero-order valence-electron chi connectivity index (χ0n) is 13.2. The van der Waals surface area contributed by atoms with E-state index >= 15 is 0 Å². The molecule has 0 unspecified atom stereocenters. The van der Waals surface area contributed by atoms with E-state index in [9.17, 15) is 0 Å². The molecule has 4 saturated carbocycles. The van der Waals surface area contributed by atoms with Crippen LogP contribution >= 0.6 is 0 Å². The number of rotatable bonds is 2. The van der Waals surface area contributed by atoms with Crippen LogP contribution in [0.15, 0.2) is 0 Å². The largest absolute Gasteiger partial charge is 0.345 e. The Kier molecular flexibility index (Phi) is 2.82. The molecule has 2 heteroatoms. The number of nitrogens with zero attached hydrogens (tertiary/aromatic N) is 1. The molecule has 0 atom stereocenters. The van der Waals surface area contributed by atoms with E-state index in [1.54, 1.807) is 0 Å². The average molecular weight is 272 g/mol. The molecule has 20 heavy (non-hydrogen) atoms. The first kappa shape index (κ1) is 12.9. The molecule has 0 radical (unpaired) electrons. The normalized spacial score (nSPS) is 38.7. The highest BCUT2D eigenvalue weighted by atomic mass is 15.1. The SMILES string of the molecule is Cc1c(CN)c(C)n(C2C3CC4CC(C3)CC2C4)c1C. The second-order valence-corrected chi connectivity index (χ2v) is 7.77. The molecule has 4 aliphatic carbocycles. The van der Waals surface area contributed by atoms with Crippen LogP contribution < -0.4 is 5.73 Å². The van der Waals surface area contributed by atoms with Gasteiger partial charge in [0.1, 0.15) is 0 Å². The predicted octanol–water partition coefficient (Wildman–Crippen LogP) is 3.87. The Bertz CT molecular complexity index is 512. The van der Waals surface area contributed by atoms with E-state index in [0.29, 0.717) is 6.54 Å². The molecule has 0 aromatic carbocycles. The first-order chi connectivity index (χ1) is 9.60. The van der Waals surface area contributed by atoms with Gasteiger partial charge in [-0.2, -0.15) is 0 Å².